The predicted octanol–water partition coefficient (Wildman–Crippen LogP) is 8.10. The lowest BCUT2D eigenvalue weighted by Gasteiger charge is -2.08. The van der Waals surface area contributed by atoms with Crippen LogP contribution in [-0.4, -0.2) is 16.9 Å². The van der Waals surface area contributed by atoms with Crippen molar-refractivity contribution in [1.82, 2.24) is 0 Å². The lowest BCUT2D eigenvalue weighted by Crippen LogP contribution is -2.05. The minimum atomic E-state index is -0.664. The summed E-state index contributed by atoms with van der Waals surface area (Å²) in [4.78, 5) is 22.3. The third-order valence-corrected chi connectivity index (χ3v) is 5.70. The van der Waals surface area contributed by atoms with Gasteiger partial charge in [0, 0.05) is 19.3 Å². The molecule has 0 unspecified atom stereocenters. The van der Waals surface area contributed by atoms with Crippen LogP contribution in [0.4, 0.5) is 0 Å². The summed E-state index contributed by atoms with van der Waals surface area (Å²) in [5.41, 5.74) is 0. The molecule has 1 atom stereocenters. The summed E-state index contributed by atoms with van der Waals surface area (Å²) in [6, 6.07) is 0. The van der Waals surface area contributed by atoms with Gasteiger partial charge >= 0.3 is 5.97 Å². The summed E-state index contributed by atoms with van der Waals surface area (Å²) in [5.74, 6) is 0.380. The highest BCUT2D eigenvalue weighted by molar-refractivity contribution is 5.78. The Bertz CT molecular complexity index is 365. The molecular weight excluding hydrogens is 348 g/mol. The largest absolute Gasteiger partial charge is 0.481 e. The van der Waals surface area contributed by atoms with Crippen LogP contribution in [-0.2, 0) is 9.59 Å². The van der Waals surface area contributed by atoms with E-state index in [0.717, 1.165) is 32.1 Å². The molecule has 0 aliphatic carbocycles. The number of carbonyl (C=O) groups is 2. The second-order valence-electron chi connectivity index (χ2n) is 8.83. The van der Waals surface area contributed by atoms with E-state index in [-0.39, 0.29) is 0 Å². The maximum Gasteiger partial charge on any atom is 0.303 e. The topological polar surface area (TPSA) is 54.4 Å². The van der Waals surface area contributed by atoms with Gasteiger partial charge in [0.2, 0.25) is 0 Å². The number of carboxylic acids is 1. The van der Waals surface area contributed by atoms with Crippen molar-refractivity contribution in [1.29, 1.82) is 0 Å². The van der Waals surface area contributed by atoms with Gasteiger partial charge in [-0.05, 0) is 18.8 Å². The number of ketones is 1. The average Bonchev–Trinajstić information content (AvgIpc) is 2.64. The van der Waals surface area contributed by atoms with Crippen LogP contribution in [0.5, 0.6) is 0 Å². The minimum Gasteiger partial charge on any atom is -0.481 e. The van der Waals surface area contributed by atoms with Crippen molar-refractivity contribution < 1.29 is 14.7 Å². The number of rotatable bonds is 22. The first-order valence-electron chi connectivity index (χ1n) is 12.3. The third-order valence-electron chi connectivity index (χ3n) is 5.70. The summed E-state index contributed by atoms with van der Waals surface area (Å²) < 4.78 is 0. The lowest BCUT2D eigenvalue weighted by molar-refractivity contribution is -0.137. The highest BCUT2D eigenvalue weighted by Crippen LogP contribution is 2.16. The first-order chi connectivity index (χ1) is 13.6. The molecule has 0 rings (SSSR count). The van der Waals surface area contributed by atoms with Gasteiger partial charge in [-0.3, -0.25) is 9.59 Å². The van der Waals surface area contributed by atoms with Gasteiger partial charge in [-0.1, -0.05) is 110 Å². The highest BCUT2D eigenvalue weighted by Gasteiger charge is 2.07. The van der Waals surface area contributed by atoms with Crippen molar-refractivity contribution in [3.63, 3.8) is 0 Å². The number of unbranched alkanes of at least 4 members (excludes halogenated alkanes) is 14. The fourth-order valence-corrected chi connectivity index (χ4v) is 3.98. The van der Waals surface area contributed by atoms with E-state index in [0.29, 0.717) is 18.1 Å². The second-order valence-corrected chi connectivity index (χ2v) is 8.83. The average molecular weight is 397 g/mol. The molecule has 0 heterocycles. The fourth-order valence-electron chi connectivity index (χ4n) is 3.98. The molecule has 28 heavy (non-hydrogen) atoms. The number of Topliss-reactive ketones (excluding diaryl/α,β-unsaturated/α-hetero) is 1. The molecular formula is C25H48O3. The molecule has 1 N–H and O–H groups in total. The van der Waals surface area contributed by atoms with Crippen molar-refractivity contribution in [3.8, 4) is 0 Å². The zero-order valence-corrected chi connectivity index (χ0v) is 19.0. The van der Waals surface area contributed by atoms with Gasteiger partial charge in [0.05, 0.1) is 0 Å². The molecule has 0 saturated carbocycles. The Hall–Kier alpha value is -0.860. The van der Waals surface area contributed by atoms with E-state index in [9.17, 15) is 9.59 Å². The Kier molecular flexibility index (Phi) is 20.2. The van der Waals surface area contributed by atoms with E-state index in [1.807, 2.05) is 0 Å². The van der Waals surface area contributed by atoms with Crippen LogP contribution >= 0.6 is 0 Å². The lowest BCUT2D eigenvalue weighted by atomic mass is 9.97. The summed E-state index contributed by atoms with van der Waals surface area (Å²) in [5, 5.41) is 8.58. The Labute approximate surface area is 175 Å². The second kappa shape index (κ2) is 20.9. The molecule has 0 aromatic rings. The quantitative estimate of drug-likeness (QED) is 0.188. The normalized spacial score (nSPS) is 12.2. The monoisotopic (exact) mass is 396 g/mol. The van der Waals surface area contributed by atoms with Crippen LogP contribution in [0.2, 0.25) is 0 Å². The van der Waals surface area contributed by atoms with E-state index in [2.05, 4.69) is 13.8 Å². The van der Waals surface area contributed by atoms with Crippen molar-refractivity contribution in [3.05, 3.63) is 0 Å². The van der Waals surface area contributed by atoms with Crippen molar-refractivity contribution in [2.24, 2.45) is 5.92 Å². The maximum atomic E-state index is 11.9. The molecule has 0 bridgehead atoms. The Morgan fingerprint density at radius 1 is 0.643 bits per heavy atom. The Morgan fingerprint density at radius 2 is 1.00 bits per heavy atom. The fraction of sp³-hybridized carbons (Fsp3) is 0.920. The zero-order chi connectivity index (χ0) is 20.9. The van der Waals surface area contributed by atoms with E-state index in [1.54, 1.807) is 0 Å². The molecule has 0 aliphatic rings. The minimum absolute atomic E-state index is 0.330. The van der Waals surface area contributed by atoms with Crippen LogP contribution in [0.3, 0.4) is 0 Å². The molecule has 0 aliphatic heterocycles. The highest BCUT2D eigenvalue weighted by atomic mass is 16.4. The van der Waals surface area contributed by atoms with Crippen molar-refractivity contribution in [2.75, 3.05) is 0 Å². The third kappa shape index (κ3) is 21.4. The van der Waals surface area contributed by atoms with E-state index < -0.39 is 5.97 Å². The van der Waals surface area contributed by atoms with Crippen LogP contribution in [0.15, 0.2) is 0 Å². The van der Waals surface area contributed by atoms with Gasteiger partial charge in [0.25, 0.3) is 0 Å². The molecule has 0 aromatic heterocycles. The summed E-state index contributed by atoms with van der Waals surface area (Å²) in [7, 11) is 0. The molecule has 3 nitrogen and oxygen atoms in total. The summed E-state index contributed by atoms with van der Waals surface area (Å²) in [6.45, 7) is 4.39. The molecule has 0 saturated heterocycles. The molecule has 0 aromatic carbocycles. The maximum absolute atomic E-state index is 11.9. The summed E-state index contributed by atoms with van der Waals surface area (Å²) >= 11 is 0. The molecule has 0 amide bonds. The van der Waals surface area contributed by atoms with Gasteiger partial charge < -0.3 is 5.11 Å². The smallest absolute Gasteiger partial charge is 0.303 e. The Balaban J connectivity index is 3.16. The SMILES string of the molecule is CCC[C@H](C)CC(=O)CCCCCCCCCCCCCCCCCC(=O)O. The van der Waals surface area contributed by atoms with Crippen LogP contribution in [0, 0.1) is 5.92 Å². The zero-order valence-electron chi connectivity index (χ0n) is 19.0. The standard InChI is InChI=1S/C25H48O3/c1-3-19-23(2)22-24(26)20-17-15-13-11-9-7-5-4-6-8-10-12-14-16-18-21-25(27)28/h23H,3-22H2,1-2H3,(H,27,28)/t23-/m0/s1. The molecule has 166 valence electrons. The number of hydrogen-bond acceptors (Lipinski definition) is 2. The number of carboxylic acid groups (broad SMARTS) is 1. The van der Waals surface area contributed by atoms with Gasteiger partial charge in [0.15, 0.2) is 0 Å². The molecule has 0 radical (unpaired) electrons. The van der Waals surface area contributed by atoms with Crippen molar-refractivity contribution >= 4 is 11.8 Å². The van der Waals surface area contributed by atoms with Crippen LogP contribution in [0.1, 0.15) is 142 Å². The Morgan fingerprint density at radius 3 is 1.36 bits per heavy atom. The van der Waals surface area contributed by atoms with Crippen LogP contribution in [0.25, 0.3) is 0 Å². The molecule has 3 heteroatoms. The van der Waals surface area contributed by atoms with E-state index >= 15 is 0 Å². The van der Waals surface area contributed by atoms with Gasteiger partial charge in [-0.15, -0.1) is 0 Å². The molecule has 0 spiro atoms. The number of hydrogen-bond donors (Lipinski definition) is 1. The van der Waals surface area contributed by atoms with Crippen LogP contribution < -0.4 is 0 Å². The first-order valence-corrected chi connectivity index (χ1v) is 12.3. The molecule has 0 fully saturated rings. The summed E-state index contributed by atoms with van der Waals surface area (Å²) in [6.07, 6.45) is 23.0. The van der Waals surface area contributed by atoms with Crippen molar-refractivity contribution in [2.45, 2.75) is 142 Å². The predicted molar refractivity (Wildman–Crippen MR) is 120 cm³/mol. The van der Waals surface area contributed by atoms with Gasteiger partial charge in [-0.2, -0.15) is 0 Å². The van der Waals surface area contributed by atoms with E-state index in [1.165, 1.54) is 89.9 Å². The van der Waals surface area contributed by atoms with Gasteiger partial charge in [0.1, 0.15) is 5.78 Å². The number of aliphatic carboxylic acids is 1. The first kappa shape index (κ1) is 27.1. The van der Waals surface area contributed by atoms with Gasteiger partial charge in [-0.25, -0.2) is 0 Å². The van der Waals surface area contributed by atoms with E-state index in [4.69, 9.17) is 5.11 Å². The number of carbonyl (C=O) groups excluding carboxylic acids is 1.